The molecule has 2 aromatic rings. The van der Waals surface area contributed by atoms with Gasteiger partial charge in [-0.3, -0.25) is 4.79 Å². The molecule has 7 heteroatoms. The number of carbonyl (C=O) groups excluding carboxylic acids is 1. The summed E-state index contributed by atoms with van der Waals surface area (Å²) in [6, 6.07) is 12.2. The summed E-state index contributed by atoms with van der Waals surface area (Å²) in [5.74, 6) is 1.64. The molecule has 3 aliphatic rings. The van der Waals surface area contributed by atoms with E-state index in [1.165, 1.54) is 12.8 Å². The molecule has 1 amide bonds. The molecule has 0 spiro atoms. The van der Waals surface area contributed by atoms with Crippen molar-refractivity contribution in [3.8, 4) is 0 Å². The van der Waals surface area contributed by atoms with Crippen LogP contribution in [0.2, 0.25) is 0 Å². The van der Waals surface area contributed by atoms with Gasteiger partial charge in [-0.1, -0.05) is 0 Å². The molecule has 29 heavy (non-hydrogen) atoms. The van der Waals surface area contributed by atoms with Crippen molar-refractivity contribution in [3.63, 3.8) is 0 Å². The number of ether oxygens (including phenoxy) is 1. The number of amides is 1. The molecule has 0 radical (unpaired) electrons. The Labute approximate surface area is 171 Å². The molecule has 1 saturated carbocycles. The van der Waals surface area contributed by atoms with Gasteiger partial charge in [0.15, 0.2) is 5.82 Å². The predicted molar refractivity (Wildman–Crippen MR) is 112 cm³/mol. The number of aromatic nitrogens is 2. The van der Waals surface area contributed by atoms with Crippen LogP contribution in [0.4, 0.5) is 11.5 Å². The molecule has 2 aliphatic heterocycles. The highest BCUT2D eigenvalue weighted by Crippen LogP contribution is 2.38. The van der Waals surface area contributed by atoms with E-state index in [1.807, 2.05) is 29.2 Å². The molecule has 0 unspecified atom stereocenters. The van der Waals surface area contributed by atoms with E-state index in [9.17, 15) is 4.79 Å². The third-order valence-electron chi connectivity index (χ3n) is 6.05. The van der Waals surface area contributed by atoms with Crippen molar-refractivity contribution in [2.75, 3.05) is 62.3 Å². The van der Waals surface area contributed by atoms with Crippen LogP contribution >= 0.6 is 0 Å². The predicted octanol–water partition coefficient (Wildman–Crippen LogP) is 2.15. The molecule has 3 heterocycles. The van der Waals surface area contributed by atoms with Gasteiger partial charge in [0.1, 0.15) is 0 Å². The van der Waals surface area contributed by atoms with Gasteiger partial charge in [-0.05, 0) is 49.2 Å². The maximum Gasteiger partial charge on any atom is 0.253 e. The number of nitrogens with zero attached hydrogens (tertiary/aromatic N) is 5. The normalized spacial score (nSPS) is 20.1. The van der Waals surface area contributed by atoms with Gasteiger partial charge in [-0.25, -0.2) is 0 Å². The number of rotatable bonds is 4. The highest BCUT2D eigenvalue weighted by Gasteiger charge is 2.27. The van der Waals surface area contributed by atoms with Gasteiger partial charge in [-0.15, -0.1) is 5.10 Å². The van der Waals surface area contributed by atoms with Crippen molar-refractivity contribution in [1.29, 1.82) is 0 Å². The summed E-state index contributed by atoms with van der Waals surface area (Å²) in [6.45, 7) is 6.31. The third-order valence-corrected chi connectivity index (χ3v) is 6.05. The van der Waals surface area contributed by atoms with Gasteiger partial charge in [0, 0.05) is 56.4 Å². The molecule has 5 rings (SSSR count). The summed E-state index contributed by atoms with van der Waals surface area (Å²) < 4.78 is 5.41. The Kier molecular flexibility index (Phi) is 5.06. The number of anilines is 2. The molecule has 2 saturated heterocycles. The summed E-state index contributed by atoms with van der Waals surface area (Å²) in [5.41, 5.74) is 3.02. The molecule has 3 fully saturated rings. The van der Waals surface area contributed by atoms with Gasteiger partial charge in [-0.2, -0.15) is 5.10 Å². The SMILES string of the molecule is O=C(c1ccc(N2CCOCC2)cc1)N1CCN(c2ccc(C3CC3)nn2)CC1. The summed E-state index contributed by atoms with van der Waals surface area (Å²) >= 11 is 0. The standard InChI is InChI=1S/C22H27N5O2/c28-22(18-3-5-19(6-4-18)25-13-15-29-16-14-25)27-11-9-26(10-12-27)21-8-7-20(23-24-21)17-1-2-17/h3-8,17H,1-2,9-16H2. The molecular formula is C22H27N5O2. The fraction of sp³-hybridized carbons (Fsp3) is 0.500. The van der Waals surface area contributed by atoms with Crippen molar-refractivity contribution < 1.29 is 9.53 Å². The van der Waals surface area contributed by atoms with Gasteiger partial charge in [0.2, 0.25) is 0 Å². The fourth-order valence-electron chi connectivity index (χ4n) is 4.06. The Morgan fingerprint density at radius 1 is 0.828 bits per heavy atom. The molecule has 1 aromatic heterocycles. The molecule has 1 aromatic carbocycles. The van der Waals surface area contributed by atoms with E-state index in [4.69, 9.17) is 4.74 Å². The second kappa shape index (κ2) is 7.99. The molecule has 0 bridgehead atoms. The van der Waals surface area contributed by atoms with Crippen LogP contribution in [0, 0.1) is 0 Å². The smallest absolute Gasteiger partial charge is 0.253 e. The molecule has 7 nitrogen and oxygen atoms in total. The van der Waals surface area contributed by atoms with Crippen molar-refractivity contribution >= 4 is 17.4 Å². The maximum absolute atomic E-state index is 12.9. The lowest BCUT2D eigenvalue weighted by Crippen LogP contribution is -2.49. The minimum atomic E-state index is 0.105. The van der Waals surface area contributed by atoms with Crippen LogP contribution in [0.5, 0.6) is 0 Å². The van der Waals surface area contributed by atoms with Crippen LogP contribution in [0.25, 0.3) is 0 Å². The Morgan fingerprint density at radius 3 is 2.17 bits per heavy atom. The van der Waals surface area contributed by atoms with E-state index >= 15 is 0 Å². The Bertz CT molecular complexity index is 837. The monoisotopic (exact) mass is 393 g/mol. The van der Waals surface area contributed by atoms with Gasteiger partial charge in [0.25, 0.3) is 5.91 Å². The lowest BCUT2D eigenvalue weighted by Gasteiger charge is -2.35. The Hall–Kier alpha value is -2.67. The topological polar surface area (TPSA) is 61.8 Å². The quantitative estimate of drug-likeness (QED) is 0.793. The summed E-state index contributed by atoms with van der Waals surface area (Å²) in [4.78, 5) is 19.4. The first kappa shape index (κ1) is 18.4. The zero-order valence-corrected chi connectivity index (χ0v) is 16.7. The van der Waals surface area contributed by atoms with Gasteiger partial charge < -0.3 is 19.4 Å². The van der Waals surface area contributed by atoms with Crippen LogP contribution in [-0.4, -0.2) is 73.5 Å². The number of morpholine rings is 1. The molecule has 0 N–H and O–H groups in total. The maximum atomic E-state index is 12.9. The zero-order valence-electron chi connectivity index (χ0n) is 16.7. The number of hydrogen-bond donors (Lipinski definition) is 0. The highest BCUT2D eigenvalue weighted by molar-refractivity contribution is 5.94. The van der Waals surface area contributed by atoms with Crippen molar-refractivity contribution in [3.05, 3.63) is 47.7 Å². The van der Waals surface area contributed by atoms with E-state index in [0.29, 0.717) is 19.0 Å². The van der Waals surface area contributed by atoms with Crippen molar-refractivity contribution in [2.24, 2.45) is 0 Å². The Morgan fingerprint density at radius 2 is 1.55 bits per heavy atom. The first-order chi connectivity index (χ1) is 14.3. The summed E-state index contributed by atoms with van der Waals surface area (Å²) in [7, 11) is 0. The zero-order chi connectivity index (χ0) is 19.6. The van der Waals surface area contributed by atoms with Gasteiger partial charge in [0.05, 0.1) is 18.9 Å². The number of benzene rings is 1. The molecule has 1 aliphatic carbocycles. The lowest BCUT2D eigenvalue weighted by molar-refractivity contribution is 0.0746. The number of hydrogen-bond acceptors (Lipinski definition) is 6. The second-order valence-electron chi connectivity index (χ2n) is 8.02. The minimum absolute atomic E-state index is 0.105. The average molecular weight is 393 g/mol. The number of carbonyl (C=O) groups is 1. The van der Waals surface area contributed by atoms with Crippen LogP contribution < -0.4 is 9.80 Å². The van der Waals surface area contributed by atoms with E-state index in [-0.39, 0.29) is 5.91 Å². The molecule has 152 valence electrons. The second-order valence-corrected chi connectivity index (χ2v) is 8.02. The van der Waals surface area contributed by atoms with E-state index < -0.39 is 0 Å². The van der Waals surface area contributed by atoms with E-state index in [2.05, 4.69) is 32.1 Å². The van der Waals surface area contributed by atoms with Crippen LogP contribution in [0.15, 0.2) is 36.4 Å². The van der Waals surface area contributed by atoms with Crippen molar-refractivity contribution in [2.45, 2.75) is 18.8 Å². The molecule has 0 atom stereocenters. The summed E-state index contributed by atoms with van der Waals surface area (Å²) in [5, 5.41) is 8.79. The summed E-state index contributed by atoms with van der Waals surface area (Å²) in [6.07, 6.45) is 2.48. The highest BCUT2D eigenvalue weighted by atomic mass is 16.5. The van der Waals surface area contributed by atoms with E-state index in [1.54, 1.807) is 0 Å². The minimum Gasteiger partial charge on any atom is -0.378 e. The van der Waals surface area contributed by atoms with Crippen LogP contribution in [0.1, 0.15) is 34.8 Å². The van der Waals surface area contributed by atoms with Crippen molar-refractivity contribution in [1.82, 2.24) is 15.1 Å². The largest absolute Gasteiger partial charge is 0.378 e. The van der Waals surface area contributed by atoms with E-state index in [0.717, 1.165) is 62.2 Å². The van der Waals surface area contributed by atoms with Crippen LogP contribution in [-0.2, 0) is 4.74 Å². The Balaban J connectivity index is 1.17. The lowest BCUT2D eigenvalue weighted by atomic mass is 10.1. The fourth-order valence-corrected chi connectivity index (χ4v) is 4.06. The number of piperazine rings is 1. The third kappa shape index (κ3) is 4.05. The first-order valence-electron chi connectivity index (χ1n) is 10.6. The van der Waals surface area contributed by atoms with Gasteiger partial charge >= 0.3 is 0 Å². The molecular weight excluding hydrogens is 366 g/mol. The van der Waals surface area contributed by atoms with Crippen LogP contribution in [0.3, 0.4) is 0 Å². The first-order valence-corrected chi connectivity index (χ1v) is 10.6. The average Bonchev–Trinajstić information content (AvgIpc) is 3.65.